The smallest absolute Gasteiger partial charge is 0.331 e. The lowest BCUT2D eigenvalue weighted by Gasteiger charge is -2.41. The van der Waals surface area contributed by atoms with Crippen LogP contribution < -0.4 is 4.74 Å². The molecule has 0 radical (unpaired) electrons. The Bertz CT molecular complexity index is 992. The fraction of sp³-hybridized carbons (Fsp3) is 0.645. The minimum Gasteiger partial charge on any atom is -0.492 e. The fourth-order valence-corrected chi connectivity index (χ4v) is 5.72. The van der Waals surface area contributed by atoms with Crippen molar-refractivity contribution >= 4 is 12.0 Å². The van der Waals surface area contributed by atoms with Crippen LogP contribution in [0.3, 0.4) is 0 Å². The number of rotatable bonds is 13. The molecule has 3 fully saturated rings. The average Bonchev–Trinajstić information content (AvgIpc) is 3.81. The minimum atomic E-state index is -0.384. The van der Waals surface area contributed by atoms with Gasteiger partial charge in [0.1, 0.15) is 18.5 Å². The summed E-state index contributed by atoms with van der Waals surface area (Å²) < 4.78 is 29.9. The number of hydrogen-bond acceptors (Lipinski definition) is 7. The van der Waals surface area contributed by atoms with Crippen LogP contribution in [0.1, 0.15) is 59.4 Å². The van der Waals surface area contributed by atoms with Crippen LogP contribution in [0.4, 0.5) is 0 Å². The van der Waals surface area contributed by atoms with E-state index in [2.05, 4.69) is 45.6 Å². The van der Waals surface area contributed by atoms with E-state index in [-0.39, 0.29) is 41.4 Å². The lowest BCUT2D eigenvalue weighted by atomic mass is 9.70. The molecule has 4 rings (SSSR count). The van der Waals surface area contributed by atoms with E-state index < -0.39 is 0 Å². The summed E-state index contributed by atoms with van der Waals surface area (Å²) in [5, 5.41) is 0. The molecule has 0 amide bonds. The van der Waals surface area contributed by atoms with Crippen LogP contribution in [-0.2, 0) is 23.7 Å². The molecular formula is C31H45NO6. The number of nitrogens with zero attached hydrogens (tertiary/aromatic N) is 1. The average molecular weight is 528 g/mol. The Balaban J connectivity index is 1.33. The summed E-state index contributed by atoms with van der Waals surface area (Å²) in [4.78, 5) is 15.2. The molecular weight excluding hydrogens is 482 g/mol. The fourth-order valence-electron chi connectivity index (χ4n) is 5.72. The second kappa shape index (κ2) is 12.3. The SMILES string of the molecule is CCN(CC)CCOc1ccc(/C=C/C(=O)O[C@@H]2CC3(CO3)C[C@@H]([C@@]3(C)O[C@@H]3CC=C(C)C)[C@@H]2OC)cc1. The number of esters is 1. The van der Waals surface area contributed by atoms with E-state index in [1.807, 2.05) is 24.3 Å². The molecule has 3 aliphatic rings. The molecule has 0 N–H and O–H groups in total. The predicted molar refractivity (Wildman–Crippen MR) is 148 cm³/mol. The van der Waals surface area contributed by atoms with Gasteiger partial charge in [-0.3, -0.25) is 0 Å². The molecule has 7 nitrogen and oxygen atoms in total. The summed E-state index contributed by atoms with van der Waals surface area (Å²) >= 11 is 0. The van der Waals surface area contributed by atoms with Crippen molar-refractivity contribution in [2.75, 3.05) is 40.0 Å². The van der Waals surface area contributed by atoms with E-state index in [0.29, 0.717) is 19.6 Å². The van der Waals surface area contributed by atoms with Crippen molar-refractivity contribution in [3.05, 3.63) is 47.6 Å². The van der Waals surface area contributed by atoms with Gasteiger partial charge >= 0.3 is 5.97 Å². The first-order valence-corrected chi connectivity index (χ1v) is 14.0. The second-order valence-electron chi connectivity index (χ2n) is 11.2. The summed E-state index contributed by atoms with van der Waals surface area (Å²) in [5.74, 6) is 0.535. The van der Waals surface area contributed by atoms with E-state index in [9.17, 15) is 4.79 Å². The molecule has 1 unspecified atom stereocenters. The van der Waals surface area contributed by atoms with Gasteiger partial charge in [-0.2, -0.15) is 0 Å². The van der Waals surface area contributed by atoms with Crippen LogP contribution in [0.25, 0.3) is 6.08 Å². The Morgan fingerprint density at radius 2 is 1.87 bits per heavy atom. The Morgan fingerprint density at radius 3 is 2.47 bits per heavy atom. The number of carbonyl (C=O) groups is 1. The van der Waals surface area contributed by atoms with Crippen molar-refractivity contribution in [3.63, 3.8) is 0 Å². The normalized spacial score (nSPS) is 32.0. The zero-order valence-electron chi connectivity index (χ0n) is 23.9. The highest BCUT2D eigenvalue weighted by Crippen LogP contribution is 2.56. The number of hydrogen-bond donors (Lipinski definition) is 0. The van der Waals surface area contributed by atoms with Crippen molar-refractivity contribution in [2.24, 2.45) is 5.92 Å². The Labute approximate surface area is 228 Å². The first-order valence-electron chi connectivity index (χ1n) is 14.0. The summed E-state index contributed by atoms with van der Waals surface area (Å²) in [6.45, 7) is 15.0. The van der Waals surface area contributed by atoms with Crippen LogP contribution in [0.5, 0.6) is 5.75 Å². The summed E-state index contributed by atoms with van der Waals surface area (Å²) in [6, 6.07) is 7.73. The molecule has 1 aliphatic carbocycles. The lowest BCUT2D eigenvalue weighted by molar-refractivity contribution is -0.164. The maximum atomic E-state index is 12.8. The minimum absolute atomic E-state index is 0.0929. The molecule has 38 heavy (non-hydrogen) atoms. The molecule has 6 atom stereocenters. The van der Waals surface area contributed by atoms with E-state index in [1.165, 1.54) is 11.6 Å². The van der Waals surface area contributed by atoms with E-state index >= 15 is 0 Å². The number of methoxy groups -OCH3 is 1. The molecule has 0 bridgehead atoms. The van der Waals surface area contributed by atoms with E-state index in [0.717, 1.165) is 43.8 Å². The van der Waals surface area contributed by atoms with Crippen LogP contribution in [0.2, 0.25) is 0 Å². The predicted octanol–water partition coefficient (Wildman–Crippen LogP) is 5.04. The third-order valence-corrected chi connectivity index (χ3v) is 8.34. The number of likely N-dealkylation sites (N-methyl/N-ethyl adjacent to an activating group) is 1. The molecule has 2 aliphatic heterocycles. The molecule has 2 saturated heterocycles. The maximum Gasteiger partial charge on any atom is 0.331 e. The number of ether oxygens (including phenoxy) is 5. The molecule has 2 heterocycles. The van der Waals surface area contributed by atoms with Gasteiger partial charge in [0.15, 0.2) is 0 Å². The van der Waals surface area contributed by atoms with Gasteiger partial charge in [0.25, 0.3) is 0 Å². The van der Waals surface area contributed by atoms with Crippen molar-refractivity contribution in [1.82, 2.24) is 4.90 Å². The summed E-state index contributed by atoms with van der Waals surface area (Å²) in [5.41, 5.74) is 1.66. The van der Waals surface area contributed by atoms with Gasteiger partial charge in [-0.05, 0) is 70.5 Å². The monoisotopic (exact) mass is 527 g/mol. The van der Waals surface area contributed by atoms with Gasteiger partial charge in [-0.1, -0.05) is 37.6 Å². The molecule has 1 aromatic rings. The summed E-state index contributed by atoms with van der Waals surface area (Å²) in [7, 11) is 1.70. The van der Waals surface area contributed by atoms with E-state index in [1.54, 1.807) is 13.2 Å². The Kier molecular flexibility index (Phi) is 9.35. The van der Waals surface area contributed by atoms with Gasteiger partial charge in [-0.25, -0.2) is 4.79 Å². The zero-order chi connectivity index (χ0) is 27.3. The molecule has 1 spiro atoms. The third-order valence-electron chi connectivity index (χ3n) is 8.34. The number of allylic oxidation sites excluding steroid dienone is 1. The van der Waals surface area contributed by atoms with Crippen LogP contribution in [0, 0.1) is 5.92 Å². The lowest BCUT2D eigenvalue weighted by Crippen LogP contribution is -2.52. The largest absolute Gasteiger partial charge is 0.492 e. The van der Waals surface area contributed by atoms with Gasteiger partial charge in [0, 0.05) is 32.1 Å². The van der Waals surface area contributed by atoms with E-state index in [4.69, 9.17) is 23.7 Å². The third kappa shape index (κ3) is 7.06. The maximum absolute atomic E-state index is 12.8. The highest BCUT2D eigenvalue weighted by atomic mass is 16.6. The van der Waals surface area contributed by atoms with Gasteiger partial charge in [0.05, 0.1) is 30.0 Å². The highest BCUT2D eigenvalue weighted by Gasteiger charge is 2.66. The van der Waals surface area contributed by atoms with Crippen LogP contribution in [0.15, 0.2) is 42.0 Å². The standard InChI is InChI=1S/C31H45NO6/c1-7-32(8-2)17-18-35-24-13-10-23(11-14-24)12-16-28(33)37-26-20-31(21-36-31)19-25(29(26)34-6)30(5)27(38-30)15-9-22(3)4/h9-14,16,25-27,29H,7-8,15,17-21H2,1-6H3/b16-12+/t25-,26-,27-,29+,30-,31?/m1/s1. The molecule has 0 aromatic heterocycles. The first kappa shape index (κ1) is 28.8. The van der Waals surface area contributed by atoms with Crippen LogP contribution in [-0.4, -0.2) is 80.3 Å². The quantitative estimate of drug-likeness (QED) is 0.154. The molecule has 210 valence electrons. The van der Waals surface area contributed by atoms with Crippen LogP contribution >= 0.6 is 0 Å². The number of carbonyl (C=O) groups excluding carboxylic acids is 1. The van der Waals surface area contributed by atoms with Crippen molar-refractivity contribution in [3.8, 4) is 5.75 Å². The van der Waals surface area contributed by atoms with Crippen molar-refractivity contribution in [1.29, 1.82) is 0 Å². The Morgan fingerprint density at radius 1 is 1.16 bits per heavy atom. The van der Waals surface area contributed by atoms with Gasteiger partial charge in [0.2, 0.25) is 0 Å². The molecule has 1 saturated carbocycles. The Hall–Kier alpha value is -2.19. The second-order valence-corrected chi connectivity index (χ2v) is 11.2. The molecule has 1 aromatic carbocycles. The topological polar surface area (TPSA) is 73.1 Å². The van der Waals surface area contributed by atoms with Gasteiger partial charge < -0.3 is 28.6 Å². The zero-order valence-corrected chi connectivity index (χ0v) is 23.9. The first-order chi connectivity index (χ1) is 18.2. The highest BCUT2D eigenvalue weighted by molar-refractivity contribution is 5.87. The van der Waals surface area contributed by atoms with Crippen molar-refractivity contribution < 1.29 is 28.5 Å². The van der Waals surface area contributed by atoms with Crippen molar-refractivity contribution in [2.45, 2.75) is 83.4 Å². The number of epoxide rings is 2. The summed E-state index contributed by atoms with van der Waals surface area (Å²) in [6.07, 6.45) is 7.39. The molecule has 7 heteroatoms. The number of benzene rings is 1. The van der Waals surface area contributed by atoms with Gasteiger partial charge in [-0.15, -0.1) is 0 Å².